The van der Waals surface area contributed by atoms with Crippen molar-refractivity contribution in [3.05, 3.63) is 52.8 Å². The molecule has 1 aromatic heterocycles. The van der Waals surface area contributed by atoms with Crippen LogP contribution >= 0.6 is 0 Å². The van der Waals surface area contributed by atoms with E-state index in [1.54, 1.807) is 24.3 Å². The van der Waals surface area contributed by atoms with Gasteiger partial charge in [-0.1, -0.05) is 17.7 Å². The molecule has 0 radical (unpaired) electrons. The van der Waals surface area contributed by atoms with Crippen LogP contribution in [0.15, 0.2) is 35.2 Å². The van der Waals surface area contributed by atoms with Crippen molar-refractivity contribution in [1.29, 1.82) is 0 Å². The number of hydrogen-bond donors (Lipinski definition) is 1. The Morgan fingerprint density at radius 1 is 1.07 bits per heavy atom. The summed E-state index contributed by atoms with van der Waals surface area (Å²) in [5.74, 6) is -0.270. The fourth-order valence-electron chi connectivity index (χ4n) is 3.66. The van der Waals surface area contributed by atoms with Gasteiger partial charge in [0, 0.05) is 24.7 Å². The summed E-state index contributed by atoms with van der Waals surface area (Å²) in [4.78, 5) is 17.4. The van der Waals surface area contributed by atoms with Gasteiger partial charge in [-0.2, -0.15) is 4.31 Å². The molecule has 0 unspecified atom stereocenters. The summed E-state index contributed by atoms with van der Waals surface area (Å²) in [6, 6.07) is 8.82. The molecule has 0 saturated carbocycles. The van der Waals surface area contributed by atoms with Crippen molar-refractivity contribution in [3.8, 4) is 0 Å². The number of carbonyl (C=O) groups excluding carboxylic acids is 1. The van der Waals surface area contributed by atoms with Crippen molar-refractivity contribution >= 4 is 21.6 Å². The van der Waals surface area contributed by atoms with Crippen LogP contribution in [0.1, 0.15) is 35.4 Å². The summed E-state index contributed by atoms with van der Waals surface area (Å²) in [6.45, 7) is 8.38. The molecule has 1 amide bonds. The van der Waals surface area contributed by atoms with Crippen LogP contribution in [-0.4, -0.2) is 36.7 Å². The third kappa shape index (κ3) is 4.25. The molecule has 28 heavy (non-hydrogen) atoms. The lowest BCUT2D eigenvalue weighted by Gasteiger charge is -2.30. The maximum absolute atomic E-state index is 12.8. The van der Waals surface area contributed by atoms with Crippen LogP contribution in [0, 0.1) is 33.6 Å². The molecule has 2 aromatic rings. The van der Waals surface area contributed by atoms with Gasteiger partial charge in [0.1, 0.15) is 0 Å². The summed E-state index contributed by atoms with van der Waals surface area (Å²) in [5.41, 5.74) is 4.47. The van der Waals surface area contributed by atoms with E-state index in [2.05, 4.69) is 10.3 Å². The lowest BCUT2D eigenvalue weighted by molar-refractivity contribution is -0.120. The highest BCUT2D eigenvalue weighted by Crippen LogP contribution is 2.26. The average molecular weight is 402 g/mol. The Morgan fingerprint density at radius 2 is 1.68 bits per heavy atom. The maximum Gasteiger partial charge on any atom is 0.243 e. The topological polar surface area (TPSA) is 79.4 Å². The molecule has 1 aromatic carbocycles. The van der Waals surface area contributed by atoms with Crippen LogP contribution in [0.3, 0.4) is 0 Å². The molecule has 1 fully saturated rings. The Balaban J connectivity index is 1.65. The second-order valence-electron chi connectivity index (χ2n) is 7.52. The monoisotopic (exact) mass is 401 g/mol. The Bertz CT molecular complexity index is 953. The van der Waals surface area contributed by atoms with Gasteiger partial charge in [0.25, 0.3) is 0 Å². The predicted octanol–water partition coefficient (Wildman–Crippen LogP) is 3.35. The molecule has 1 N–H and O–H groups in total. The molecule has 0 atom stereocenters. The van der Waals surface area contributed by atoms with E-state index < -0.39 is 10.0 Å². The van der Waals surface area contributed by atoms with E-state index in [4.69, 9.17) is 0 Å². The summed E-state index contributed by atoms with van der Waals surface area (Å²) in [5, 5.41) is 3.00. The predicted molar refractivity (Wildman–Crippen MR) is 110 cm³/mol. The van der Waals surface area contributed by atoms with Gasteiger partial charge in [0.2, 0.25) is 15.9 Å². The molecule has 6 nitrogen and oxygen atoms in total. The standard InChI is InChI=1S/C21H27N3O3S/c1-14-5-7-19(8-6-14)28(26,27)24-11-9-18(10-12-24)21(25)23-20-15(2)13-16(3)22-17(20)4/h5-8,13,18H,9-12H2,1-4H3,(H,23,25). The highest BCUT2D eigenvalue weighted by molar-refractivity contribution is 7.89. The van der Waals surface area contributed by atoms with Crippen molar-refractivity contribution in [2.24, 2.45) is 5.92 Å². The van der Waals surface area contributed by atoms with E-state index in [9.17, 15) is 13.2 Å². The van der Waals surface area contributed by atoms with E-state index in [1.165, 1.54) is 4.31 Å². The second-order valence-corrected chi connectivity index (χ2v) is 9.46. The zero-order valence-corrected chi connectivity index (χ0v) is 17.6. The number of anilines is 1. The molecule has 0 bridgehead atoms. The Labute approximate surface area is 167 Å². The highest BCUT2D eigenvalue weighted by atomic mass is 32.2. The number of pyridine rings is 1. The number of sulfonamides is 1. The van der Waals surface area contributed by atoms with Crippen LogP contribution < -0.4 is 5.32 Å². The van der Waals surface area contributed by atoms with Crippen molar-refractivity contribution in [2.75, 3.05) is 18.4 Å². The third-order valence-electron chi connectivity index (χ3n) is 5.26. The molecule has 0 aliphatic carbocycles. The minimum atomic E-state index is -3.51. The molecule has 2 heterocycles. The first-order valence-corrected chi connectivity index (χ1v) is 10.9. The van der Waals surface area contributed by atoms with Crippen molar-refractivity contribution in [2.45, 2.75) is 45.4 Å². The normalized spacial score (nSPS) is 16.1. The average Bonchev–Trinajstić information content (AvgIpc) is 2.65. The first-order valence-electron chi connectivity index (χ1n) is 9.51. The number of amides is 1. The van der Waals surface area contributed by atoms with E-state index >= 15 is 0 Å². The number of nitrogens with zero attached hydrogens (tertiary/aromatic N) is 2. The first kappa shape index (κ1) is 20.5. The van der Waals surface area contributed by atoms with E-state index in [0.29, 0.717) is 30.8 Å². The van der Waals surface area contributed by atoms with Crippen LogP contribution in [0.4, 0.5) is 5.69 Å². The molecule has 3 rings (SSSR count). The Kier molecular flexibility index (Phi) is 5.86. The van der Waals surface area contributed by atoms with Gasteiger partial charge in [-0.25, -0.2) is 8.42 Å². The highest BCUT2D eigenvalue weighted by Gasteiger charge is 2.32. The van der Waals surface area contributed by atoms with E-state index in [-0.39, 0.29) is 11.8 Å². The van der Waals surface area contributed by atoms with Crippen molar-refractivity contribution < 1.29 is 13.2 Å². The fourth-order valence-corrected chi connectivity index (χ4v) is 5.13. The largest absolute Gasteiger partial charge is 0.324 e. The molecule has 150 valence electrons. The zero-order valence-electron chi connectivity index (χ0n) is 16.8. The van der Waals surface area contributed by atoms with Gasteiger partial charge in [0.15, 0.2) is 0 Å². The summed E-state index contributed by atoms with van der Waals surface area (Å²) < 4.78 is 27.1. The third-order valence-corrected chi connectivity index (χ3v) is 7.17. The van der Waals surface area contributed by atoms with Gasteiger partial charge in [0.05, 0.1) is 16.3 Å². The number of hydrogen-bond acceptors (Lipinski definition) is 4. The number of aryl methyl sites for hydroxylation is 4. The zero-order chi connectivity index (χ0) is 20.5. The molecule has 1 saturated heterocycles. The summed E-state index contributed by atoms with van der Waals surface area (Å²) in [7, 11) is -3.51. The summed E-state index contributed by atoms with van der Waals surface area (Å²) >= 11 is 0. The Morgan fingerprint density at radius 3 is 2.25 bits per heavy atom. The number of carbonyl (C=O) groups is 1. The van der Waals surface area contributed by atoms with E-state index in [1.807, 2.05) is 33.8 Å². The smallest absolute Gasteiger partial charge is 0.243 e. The Hall–Kier alpha value is -2.25. The molecule has 1 aliphatic rings. The van der Waals surface area contributed by atoms with Crippen molar-refractivity contribution in [1.82, 2.24) is 9.29 Å². The maximum atomic E-state index is 12.8. The molecular weight excluding hydrogens is 374 g/mol. The van der Waals surface area contributed by atoms with Crippen LogP contribution in [0.25, 0.3) is 0 Å². The van der Waals surface area contributed by atoms with Gasteiger partial charge in [-0.05, 0) is 64.3 Å². The second kappa shape index (κ2) is 8.01. The molecule has 0 spiro atoms. The molecule has 7 heteroatoms. The van der Waals surface area contributed by atoms with Crippen LogP contribution in [0.5, 0.6) is 0 Å². The minimum Gasteiger partial charge on any atom is -0.324 e. The lowest BCUT2D eigenvalue weighted by Crippen LogP contribution is -2.41. The number of piperidine rings is 1. The fraction of sp³-hybridized carbons (Fsp3) is 0.429. The van der Waals surface area contributed by atoms with Gasteiger partial charge in [-0.15, -0.1) is 0 Å². The van der Waals surface area contributed by atoms with Crippen molar-refractivity contribution in [3.63, 3.8) is 0 Å². The van der Waals surface area contributed by atoms with Crippen LogP contribution in [0.2, 0.25) is 0 Å². The van der Waals surface area contributed by atoms with Crippen LogP contribution in [-0.2, 0) is 14.8 Å². The van der Waals surface area contributed by atoms with Gasteiger partial charge < -0.3 is 5.32 Å². The van der Waals surface area contributed by atoms with E-state index in [0.717, 1.165) is 28.2 Å². The SMILES string of the molecule is Cc1ccc(S(=O)(=O)N2CCC(C(=O)Nc3c(C)cc(C)nc3C)CC2)cc1. The lowest BCUT2D eigenvalue weighted by atomic mass is 9.97. The quantitative estimate of drug-likeness (QED) is 0.852. The number of aromatic nitrogens is 1. The minimum absolute atomic E-state index is 0.0655. The first-order chi connectivity index (χ1) is 13.2. The number of benzene rings is 1. The van der Waals surface area contributed by atoms with Gasteiger partial charge >= 0.3 is 0 Å². The number of nitrogens with one attached hydrogen (secondary N) is 1. The molecular formula is C21H27N3O3S. The summed E-state index contributed by atoms with van der Waals surface area (Å²) in [6.07, 6.45) is 1.02. The number of rotatable bonds is 4. The molecule has 1 aliphatic heterocycles. The van der Waals surface area contributed by atoms with Gasteiger partial charge in [-0.3, -0.25) is 9.78 Å².